The number of nitrogens with zero attached hydrogens (tertiary/aromatic N) is 1. The molecule has 0 aliphatic carbocycles. The predicted molar refractivity (Wildman–Crippen MR) is 71.0 cm³/mol. The number of ether oxygens (including phenoxy) is 2. The molecule has 0 spiro atoms. The van der Waals surface area contributed by atoms with E-state index >= 15 is 0 Å². The molecule has 1 aromatic rings. The van der Waals surface area contributed by atoms with Crippen molar-refractivity contribution in [1.29, 1.82) is 0 Å². The van der Waals surface area contributed by atoms with Crippen molar-refractivity contribution in [3.63, 3.8) is 0 Å². The summed E-state index contributed by atoms with van der Waals surface area (Å²) in [6, 6.07) is 5.68. The first-order valence-corrected chi connectivity index (χ1v) is 5.96. The summed E-state index contributed by atoms with van der Waals surface area (Å²) in [6.07, 6.45) is 0. The lowest BCUT2D eigenvalue weighted by Gasteiger charge is -2.20. The molecular formula is C13H19N3O2. The third kappa shape index (κ3) is 2.92. The van der Waals surface area contributed by atoms with Crippen molar-refractivity contribution in [3.05, 3.63) is 23.8 Å². The number of fused-ring (bicyclic) bond motifs is 1. The van der Waals surface area contributed by atoms with Gasteiger partial charge in [0.15, 0.2) is 11.5 Å². The fraction of sp³-hybridized carbons (Fsp3) is 0.462. The second kappa shape index (κ2) is 4.86. The Bertz CT molecular complexity index is 464. The summed E-state index contributed by atoms with van der Waals surface area (Å²) in [4.78, 5) is 4.53. The summed E-state index contributed by atoms with van der Waals surface area (Å²) in [7, 11) is 0. The third-order valence-electron chi connectivity index (χ3n) is 2.40. The summed E-state index contributed by atoms with van der Waals surface area (Å²) in [5.41, 5.74) is 3.32. The lowest BCUT2D eigenvalue weighted by atomic mass is 10.1. The normalized spacial score (nSPS) is 15.4. The first-order valence-electron chi connectivity index (χ1n) is 5.96. The monoisotopic (exact) mass is 249 g/mol. The van der Waals surface area contributed by atoms with Gasteiger partial charge in [0, 0.05) is 5.56 Å². The van der Waals surface area contributed by atoms with E-state index < -0.39 is 0 Å². The predicted octanol–water partition coefficient (Wildman–Crippen LogP) is 1.47. The fourth-order valence-electron chi connectivity index (χ4n) is 1.71. The van der Waals surface area contributed by atoms with Gasteiger partial charge in [-0.3, -0.25) is 4.99 Å². The van der Waals surface area contributed by atoms with Crippen LogP contribution in [0.4, 0.5) is 0 Å². The number of hydrogen-bond acceptors (Lipinski definition) is 4. The smallest absolute Gasteiger partial charge is 0.162 e. The minimum Gasteiger partial charge on any atom is -0.486 e. The molecule has 0 atom stereocenters. The van der Waals surface area contributed by atoms with Crippen LogP contribution in [0, 0.1) is 0 Å². The molecule has 0 amide bonds. The zero-order chi connectivity index (χ0) is 13.2. The Balaban J connectivity index is 2.35. The van der Waals surface area contributed by atoms with Gasteiger partial charge in [0.1, 0.15) is 19.0 Å². The van der Waals surface area contributed by atoms with Gasteiger partial charge in [-0.15, -0.1) is 0 Å². The quantitative estimate of drug-likeness (QED) is 0.342. The molecule has 2 rings (SSSR count). The Hall–Kier alpha value is -1.75. The summed E-state index contributed by atoms with van der Waals surface area (Å²) < 4.78 is 11.0. The molecule has 5 heteroatoms. The van der Waals surface area contributed by atoms with E-state index in [1.165, 1.54) is 0 Å². The van der Waals surface area contributed by atoms with Gasteiger partial charge < -0.3 is 14.9 Å². The van der Waals surface area contributed by atoms with Crippen LogP contribution >= 0.6 is 0 Å². The van der Waals surface area contributed by atoms with Gasteiger partial charge in [-0.25, -0.2) is 5.84 Å². The first kappa shape index (κ1) is 12.7. The van der Waals surface area contributed by atoms with Crippen molar-refractivity contribution >= 4 is 5.84 Å². The molecule has 98 valence electrons. The molecule has 1 aromatic carbocycles. The third-order valence-corrected chi connectivity index (χ3v) is 2.40. The average Bonchev–Trinajstić information content (AvgIpc) is 2.34. The van der Waals surface area contributed by atoms with Crippen molar-refractivity contribution in [2.24, 2.45) is 10.8 Å². The standard InChI is InChI=1S/C13H19N3O2/c1-13(2,3)15-12(16-14)9-4-5-10-11(8-9)18-7-6-17-10/h4-5,8H,6-7,14H2,1-3H3,(H,15,16). The van der Waals surface area contributed by atoms with Gasteiger partial charge in [0.05, 0.1) is 5.54 Å². The number of aliphatic imine (C=N–C) groups is 1. The van der Waals surface area contributed by atoms with Crippen LogP contribution in [0.25, 0.3) is 0 Å². The Morgan fingerprint density at radius 3 is 2.50 bits per heavy atom. The maximum atomic E-state index is 5.54. The Morgan fingerprint density at radius 2 is 1.89 bits per heavy atom. The van der Waals surface area contributed by atoms with E-state index in [1.807, 2.05) is 39.0 Å². The van der Waals surface area contributed by atoms with E-state index in [9.17, 15) is 0 Å². The van der Waals surface area contributed by atoms with Gasteiger partial charge in [0.2, 0.25) is 0 Å². The number of rotatable bonds is 1. The van der Waals surface area contributed by atoms with Gasteiger partial charge in [0.25, 0.3) is 0 Å². The summed E-state index contributed by atoms with van der Waals surface area (Å²) in [5, 5.41) is 0. The van der Waals surface area contributed by atoms with E-state index in [0.717, 1.165) is 17.1 Å². The largest absolute Gasteiger partial charge is 0.486 e. The van der Waals surface area contributed by atoms with Crippen LogP contribution in [0.5, 0.6) is 11.5 Å². The lowest BCUT2D eigenvalue weighted by molar-refractivity contribution is 0.171. The SMILES string of the molecule is CC(C)(C)N=C(NN)c1ccc2c(c1)OCCO2. The van der Waals surface area contributed by atoms with Crippen LogP contribution in [0.2, 0.25) is 0 Å². The molecule has 3 N–H and O–H groups in total. The Kier molecular flexibility index (Phi) is 3.43. The van der Waals surface area contributed by atoms with Crippen molar-refractivity contribution in [2.45, 2.75) is 26.3 Å². The van der Waals surface area contributed by atoms with E-state index in [-0.39, 0.29) is 5.54 Å². The van der Waals surface area contributed by atoms with Crippen LogP contribution in [0.15, 0.2) is 23.2 Å². The number of nitrogens with one attached hydrogen (secondary N) is 1. The number of benzene rings is 1. The van der Waals surface area contributed by atoms with E-state index in [0.29, 0.717) is 19.0 Å². The van der Waals surface area contributed by atoms with Crippen molar-refractivity contribution in [1.82, 2.24) is 5.43 Å². The molecule has 1 aliphatic heterocycles. The summed E-state index contributed by atoms with van der Waals surface area (Å²) >= 11 is 0. The molecule has 18 heavy (non-hydrogen) atoms. The molecule has 1 aliphatic rings. The second-order valence-electron chi connectivity index (χ2n) is 5.13. The van der Waals surface area contributed by atoms with Gasteiger partial charge in [-0.2, -0.15) is 0 Å². The molecule has 0 unspecified atom stereocenters. The summed E-state index contributed by atoms with van der Waals surface area (Å²) in [5.74, 6) is 7.67. The van der Waals surface area contributed by atoms with Gasteiger partial charge in [-0.1, -0.05) is 0 Å². The number of hydrogen-bond donors (Lipinski definition) is 2. The van der Waals surface area contributed by atoms with Crippen molar-refractivity contribution in [3.8, 4) is 11.5 Å². The van der Waals surface area contributed by atoms with Crippen molar-refractivity contribution < 1.29 is 9.47 Å². The van der Waals surface area contributed by atoms with Gasteiger partial charge in [-0.05, 0) is 39.0 Å². The zero-order valence-electron chi connectivity index (χ0n) is 11.0. The highest BCUT2D eigenvalue weighted by molar-refractivity contribution is 5.99. The number of nitrogens with two attached hydrogens (primary N) is 1. The molecule has 0 fully saturated rings. The molecule has 5 nitrogen and oxygen atoms in total. The molecule has 1 heterocycles. The number of amidine groups is 1. The number of hydrazine groups is 1. The van der Waals surface area contributed by atoms with Gasteiger partial charge >= 0.3 is 0 Å². The second-order valence-corrected chi connectivity index (χ2v) is 5.13. The van der Waals surface area contributed by atoms with Crippen molar-refractivity contribution in [2.75, 3.05) is 13.2 Å². The Labute approximate surface area is 107 Å². The maximum Gasteiger partial charge on any atom is 0.162 e. The molecular weight excluding hydrogens is 230 g/mol. The molecule has 0 aromatic heterocycles. The van der Waals surface area contributed by atoms with E-state index in [1.54, 1.807) is 0 Å². The molecule has 0 saturated carbocycles. The maximum absolute atomic E-state index is 5.54. The Morgan fingerprint density at radius 1 is 1.22 bits per heavy atom. The van der Waals surface area contributed by atoms with Crippen LogP contribution in [-0.4, -0.2) is 24.6 Å². The fourth-order valence-corrected chi connectivity index (χ4v) is 1.71. The first-order chi connectivity index (χ1) is 8.49. The van der Waals surface area contributed by atoms with E-state index in [4.69, 9.17) is 15.3 Å². The van der Waals surface area contributed by atoms with Crippen LogP contribution in [0.1, 0.15) is 26.3 Å². The zero-order valence-corrected chi connectivity index (χ0v) is 11.0. The minimum atomic E-state index is -0.199. The molecule has 0 saturated heterocycles. The minimum absolute atomic E-state index is 0.199. The molecule has 0 bridgehead atoms. The van der Waals surface area contributed by atoms with Crippen LogP contribution in [-0.2, 0) is 0 Å². The lowest BCUT2D eigenvalue weighted by Crippen LogP contribution is -2.33. The highest BCUT2D eigenvalue weighted by atomic mass is 16.6. The highest BCUT2D eigenvalue weighted by Gasteiger charge is 2.15. The topological polar surface area (TPSA) is 68.9 Å². The summed E-state index contributed by atoms with van der Waals surface area (Å²) in [6.45, 7) is 7.20. The van der Waals surface area contributed by atoms with Crippen LogP contribution < -0.4 is 20.7 Å². The highest BCUT2D eigenvalue weighted by Crippen LogP contribution is 2.30. The van der Waals surface area contributed by atoms with E-state index in [2.05, 4.69) is 10.4 Å². The average molecular weight is 249 g/mol. The van der Waals surface area contributed by atoms with Crippen LogP contribution in [0.3, 0.4) is 0 Å². The molecule has 0 radical (unpaired) electrons.